The van der Waals surface area contributed by atoms with Crippen LogP contribution in [0.3, 0.4) is 0 Å². The first-order chi connectivity index (χ1) is 8.62. The van der Waals surface area contributed by atoms with Gasteiger partial charge in [-0.2, -0.15) is 0 Å². The molecule has 1 aromatic rings. The lowest BCUT2D eigenvalue weighted by molar-refractivity contribution is 0.264. The van der Waals surface area contributed by atoms with Gasteiger partial charge < -0.3 is 19.9 Å². The second-order valence-corrected chi connectivity index (χ2v) is 4.42. The highest BCUT2D eigenvalue weighted by Crippen LogP contribution is 2.29. The van der Waals surface area contributed by atoms with Crippen LogP contribution in [-0.4, -0.2) is 32.0 Å². The highest BCUT2D eigenvalue weighted by Gasteiger charge is 2.12. The van der Waals surface area contributed by atoms with E-state index in [-0.39, 0.29) is 18.7 Å². The van der Waals surface area contributed by atoms with Crippen LogP contribution in [0, 0.1) is 0 Å². The molecule has 0 saturated heterocycles. The van der Waals surface area contributed by atoms with E-state index in [0.717, 1.165) is 23.5 Å². The summed E-state index contributed by atoms with van der Waals surface area (Å²) in [6.45, 7) is 4.36. The van der Waals surface area contributed by atoms with Crippen molar-refractivity contribution in [2.75, 3.05) is 20.8 Å². The van der Waals surface area contributed by atoms with Crippen LogP contribution in [0.1, 0.15) is 31.9 Å². The Kier molecular flexibility index (Phi) is 5.95. The predicted octanol–water partition coefficient (Wildman–Crippen LogP) is 2.13. The SMILES string of the molecule is COc1ccc(C(C)NC(C)CCO)cc1OC. The summed E-state index contributed by atoms with van der Waals surface area (Å²) in [5.41, 5.74) is 1.14. The minimum atomic E-state index is 0.200. The standard InChI is InChI=1S/C14H23NO3/c1-10(7-8-16)15-11(2)12-5-6-13(17-3)14(9-12)18-4/h5-6,9-11,15-16H,7-8H2,1-4H3. The van der Waals surface area contributed by atoms with E-state index in [1.807, 2.05) is 18.2 Å². The summed E-state index contributed by atoms with van der Waals surface area (Å²) in [7, 11) is 3.26. The largest absolute Gasteiger partial charge is 0.493 e. The number of methoxy groups -OCH3 is 2. The van der Waals surface area contributed by atoms with Gasteiger partial charge in [-0.25, -0.2) is 0 Å². The average molecular weight is 253 g/mol. The van der Waals surface area contributed by atoms with Crippen LogP contribution in [0.25, 0.3) is 0 Å². The Morgan fingerprint density at radius 3 is 2.39 bits per heavy atom. The summed E-state index contributed by atoms with van der Waals surface area (Å²) >= 11 is 0. The third kappa shape index (κ3) is 3.89. The molecule has 0 amide bonds. The van der Waals surface area contributed by atoms with Gasteiger partial charge in [0.1, 0.15) is 0 Å². The second kappa shape index (κ2) is 7.24. The lowest BCUT2D eigenvalue weighted by Crippen LogP contribution is -2.29. The third-order valence-corrected chi connectivity index (χ3v) is 3.00. The molecular weight excluding hydrogens is 230 g/mol. The molecule has 1 aromatic carbocycles. The minimum absolute atomic E-state index is 0.200. The van der Waals surface area contributed by atoms with Crippen molar-refractivity contribution in [1.82, 2.24) is 5.32 Å². The van der Waals surface area contributed by atoms with Gasteiger partial charge in [-0.3, -0.25) is 0 Å². The molecule has 102 valence electrons. The predicted molar refractivity (Wildman–Crippen MR) is 72.3 cm³/mol. The van der Waals surface area contributed by atoms with Crippen molar-refractivity contribution in [2.24, 2.45) is 0 Å². The Morgan fingerprint density at radius 1 is 1.17 bits per heavy atom. The van der Waals surface area contributed by atoms with Crippen LogP contribution in [0.15, 0.2) is 18.2 Å². The van der Waals surface area contributed by atoms with Gasteiger partial charge in [-0.1, -0.05) is 6.07 Å². The van der Waals surface area contributed by atoms with Crippen molar-refractivity contribution in [2.45, 2.75) is 32.4 Å². The summed E-state index contributed by atoms with van der Waals surface area (Å²) in [4.78, 5) is 0. The smallest absolute Gasteiger partial charge is 0.161 e. The maximum atomic E-state index is 8.89. The van der Waals surface area contributed by atoms with Gasteiger partial charge in [-0.15, -0.1) is 0 Å². The summed E-state index contributed by atoms with van der Waals surface area (Å²) in [5.74, 6) is 1.47. The van der Waals surface area contributed by atoms with E-state index in [1.54, 1.807) is 14.2 Å². The van der Waals surface area contributed by atoms with E-state index in [4.69, 9.17) is 14.6 Å². The van der Waals surface area contributed by atoms with Crippen molar-refractivity contribution in [3.8, 4) is 11.5 Å². The van der Waals surface area contributed by atoms with Gasteiger partial charge in [0.25, 0.3) is 0 Å². The fraction of sp³-hybridized carbons (Fsp3) is 0.571. The Bertz CT molecular complexity index is 368. The normalized spacial score (nSPS) is 14.1. The van der Waals surface area contributed by atoms with Crippen molar-refractivity contribution in [1.29, 1.82) is 0 Å². The first-order valence-electron chi connectivity index (χ1n) is 6.21. The topological polar surface area (TPSA) is 50.7 Å². The maximum absolute atomic E-state index is 8.89. The molecule has 4 nitrogen and oxygen atoms in total. The van der Waals surface area contributed by atoms with Gasteiger partial charge in [0.05, 0.1) is 14.2 Å². The zero-order chi connectivity index (χ0) is 13.5. The van der Waals surface area contributed by atoms with Crippen LogP contribution in [0.2, 0.25) is 0 Å². The lowest BCUT2D eigenvalue weighted by Gasteiger charge is -2.20. The maximum Gasteiger partial charge on any atom is 0.161 e. The molecule has 0 aliphatic heterocycles. The van der Waals surface area contributed by atoms with Gasteiger partial charge in [0.15, 0.2) is 11.5 Å². The van der Waals surface area contributed by atoms with Crippen LogP contribution >= 0.6 is 0 Å². The molecule has 1 rings (SSSR count). The summed E-state index contributed by atoms with van der Waals surface area (Å²) < 4.78 is 10.5. The van der Waals surface area contributed by atoms with Gasteiger partial charge in [-0.05, 0) is 38.0 Å². The molecule has 0 heterocycles. The van der Waals surface area contributed by atoms with Crippen LogP contribution in [0.5, 0.6) is 11.5 Å². The Morgan fingerprint density at radius 2 is 1.83 bits per heavy atom. The Hall–Kier alpha value is -1.26. The molecule has 0 saturated carbocycles. The number of ether oxygens (including phenoxy) is 2. The quantitative estimate of drug-likeness (QED) is 0.781. The molecule has 0 bridgehead atoms. The molecule has 2 unspecified atom stereocenters. The third-order valence-electron chi connectivity index (χ3n) is 3.00. The number of aliphatic hydroxyl groups is 1. The first kappa shape index (κ1) is 14.8. The number of nitrogens with one attached hydrogen (secondary N) is 1. The van der Waals surface area contributed by atoms with E-state index >= 15 is 0 Å². The molecule has 0 aliphatic carbocycles. The molecule has 18 heavy (non-hydrogen) atoms. The molecule has 0 aliphatic rings. The fourth-order valence-electron chi connectivity index (χ4n) is 1.92. The van der Waals surface area contributed by atoms with Crippen molar-refractivity contribution in [3.05, 3.63) is 23.8 Å². The van der Waals surface area contributed by atoms with Gasteiger partial charge in [0.2, 0.25) is 0 Å². The number of benzene rings is 1. The van der Waals surface area contributed by atoms with Crippen LogP contribution in [0.4, 0.5) is 0 Å². The van der Waals surface area contributed by atoms with Crippen LogP contribution in [-0.2, 0) is 0 Å². The lowest BCUT2D eigenvalue weighted by atomic mass is 10.1. The number of aliphatic hydroxyl groups excluding tert-OH is 1. The molecule has 4 heteroatoms. The first-order valence-corrected chi connectivity index (χ1v) is 6.21. The van der Waals surface area contributed by atoms with Crippen molar-refractivity contribution >= 4 is 0 Å². The molecule has 2 N–H and O–H groups in total. The van der Waals surface area contributed by atoms with E-state index < -0.39 is 0 Å². The number of hydrogen-bond donors (Lipinski definition) is 2. The zero-order valence-corrected chi connectivity index (χ0v) is 11.6. The van der Waals surface area contributed by atoms with E-state index in [2.05, 4.69) is 19.2 Å². The second-order valence-electron chi connectivity index (χ2n) is 4.42. The van der Waals surface area contributed by atoms with Gasteiger partial charge >= 0.3 is 0 Å². The van der Waals surface area contributed by atoms with Crippen LogP contribution < -0.4 is 14.8 Å². The minimum Gasteiger partial charge on any atom is -0.493 e. The van der Waals surface area contributed by atoms with E-state index in [9.17, 15) is 0 Å². The molecule has 0 radical (unpaired) electrons. The highest BCUT2D eigenvalue weighted by atomic mass is 16.5. The van der Waals surface area contributed by atoms with Crippen molar-refractivity contribution < 1.29 is 14.6 Å². The molecule has 0 spiro atoms. The molecular formula is C14H23NO3. The van der Waals surface area contributed by atoms with E-state index in [1.165, 1.54) is 0 Å². The monoisotopic (exact) mass is 253 g/mol. The number of hydrogen-bond acceptors (Lipinski definition) is 4. The molecule has 0 aromatic heterocycles. The van der Waals surface area contributed by atoms with E-state index in [0.29, 0.717) is 0 Å². The van der Waals surface area contributed by atoms with Gasteiger partial charge in [0, 0.05) is 18.7 Å². The highest BCUT2D eigenvalue weighted by molar-refractivity contribution is 5.43. The fourth-order valence-corrected chi connectivity index (χ4v) is 1.92. The van der Waals surface area contributed by atoms with Crippen molar-refractivity contribution in [3.63, 3.8) is 0 Å². The molecule has 0 fully saturated rings. The summed E-state index contributed by atoms with van der Waals surface area (Å²) in [6, 6.07) is 6.38. The zero-order valence-electron chi connectivity index (χ0n) is 11.6. The summed E-state index contributed by atoms with van der Waals surface area (Å²) in [6.07, 6.45) is 0.748. The molecule has 2 atom stereocenters. The summed E-state index contributed by atoms with van der Waals surface area (Å²) in [5, 5.41) is 12.3. The number of rotatable bonds is 7. The Balaban J connectivity index is 2.76. The average Bonchev–Trinajstić information content (AvgIpc) is 2.38. The Labute approximate surface area is 109 Å².